The van der Waals surface area contributed by atoms with E-state index in [-0.39, 0.29) is 0 Å². The van der Waals surface area contributed by atoms with Gasteiger partial charge < -0.3 is 4.40 Å². The molecule has 0 unspecified atom stereocenters. The summed E-state index contributed by atoms with van der Waals surface area (Å²) in [5.74, 6) is 0.720. The first-order valence-electron chi connectivity index (χ1n) is 16.9. The van der Waals surface area contributed by atoms with Crippen molar-refractivity contribution in [3.8, 4) is 33.8 Å². The molecule has 0 aliphatic heterocycles. The first-order chi connectivity index (χ1) is 24.8. The second-order valence-electron chi connectivity index (χ2n) is 12.9. The van der Waals surface area contributed by atoms with Crippen molar-refractivity contribution in [2.75, 3.05) is 0 Å². The fourth-order valence-electron chi connectivity index (χ4n) is 7.95. The molecule has 4 aromatic heterocycles. The Morgan fingerprint density at radius 1 is 0.400 bits per heavy atom. The topological polar surface area (TPSA) is 30.2 Å². The van der Waals surface area contributed by atoms with E-state index in [9.17, 15) is 0 Å². The lowest BCUT2D eigenvalue weighted by molar-refractivity contribution is 1.23. The highest BCUT2D eigenvalue weighted by molar-refractivity contribution is 7.25. The van der Waals surface area contributed by atoms with E-state index in [0.29, 0.717) is 0 Å². The summed E-state index contributed by atoms with van der Waals surface area (Å²) in [5, 5.41) is 8.54. The second kappa shape index (κ2) is 10.6. The Morgan fingerprint density at radius 3 is 1.96 bits per heavy atom. The molecular weight excluding hydrogens is 627 g/mol. The van der Waals surface area contributed by atoms with Crippen LogP contribution in [0.25, 0.3) is 103 Å². The van der Waals surface area contributed by atoms with Gasteiger partial charge in [-0.2, -0.15) is 0 Å². The third kappa shape index (κ3) is 3.97. The van der Waals surface area contributed by atoms with E-state index in [1.54, 1.807) is 0 Å². The zero-order valence-electron chi connectivity index (χ0n) is 26.8. The van der Waals surface area contributed by atoms with Crippen molar-refractivity contribution in [3.05, 3.63) is 164 Å². The predicted octanol–water partition coefficient (Wildman–Crippen LogP) is 12.7. The van der Waals surface area contributed by atoms with Crippen LogP contribution in [0.15, 0.2) is 164 Å². The maximum Gasteiger partial charge on any atom is 0.160 e. The Hall–Kier alpha value is -6.36. The second-order valence-corrected chi connectivity index (χ2v) is 14.0. The van der Waals surface area contributed by atoms with E-state index < -0.39 is 0 Å². The van der Waals surface area contributed by atoms with E-state index in [4.69, 9.17) is 9.97 Å². The Morgan fingerprint density at radius 2 is 1.08 bits per heavy atom. The van der Waals surface area contributed by atoms with Crippen LogP contribution in [-0.2, 0) is 0 Å². The molecule has 4 heteroatoms. The minimum atomic E-state index is 0.720. The highest BCUT2D eigenvalue weighted by atomic mass is 32.1. The summed E-state index contributed by atoms with van der Waals surface area (Å²) in [6.45, 7) is 0. The third-order valence-corrected chi connectivity index (χ3v) is 11.3. The molecule has 0 saturated heterocycles. The molecule has 0 N–H and O–H groups in total. The van der Waals surface area contributed by atoms with Gasteiger partial charge in [0, 0.05) is 58.4 Å². The molecule has 50 heavy (non-hydrogen) atoms. The largest absolute Gasteiger partial charge is 0.308 e. The number of hydrogen-bond donors (Lipinski definition) is 0. The number of rotatable bonds is 3. The number of nitrogens with zero attached hydrogens (tertiary/aromatic N) is 3. The Kier molecular flexibility index (Phi) is 5.83. The van der Waals surface area contributed by atoms with Crippen LogP contribution < -0.4 is 0 Å². The van der Waals surface area contributed by atoms with Crippen LogP contribution in [0.5, 0.6) is 0 Å². The predicted molar refractivity (Wildman–Crippen MR) is 212 cm³/mol. The zero-order valence-corrected chi connectivity index (χ0v) is 27.7. The van der Waals surface area contributed by atoms with Gasteiger partial charge in [-0.15, -0.1) is 11.3 Å². The molecule has 11 aromatic rings. The van der Waals surface area contributed by atoms with Gasteiger partial charge in [0.2, 0.25) is 0 Å². The van der Waals surface area contributed by atoms with Crippen molar-refractivity contribution in [1.29, 1.82) is 0 Å². The minimum absolute atomic E-state index is 0.720. The van der Waals surface area contributed by atoms with Crippen molar-refractivity contribution in [3.63, 3.8) is 0 Å². The number of benzene rings is 7. The molecule has 4 heterocycles. The monoisotopic (exact) mass is 653 g/mol. The molecular formula is C46H27N3S. The number of aromatic nitrogens is 3. The first-order valence-corrected chi connectivity index (χ1v) is 17.7. The lowest BCUT2D eigenvalue weighted by Crippen LogP contribution is -1.96. The van der Waals surface area contributed by atoms with E-state index in [1.807, 2.05) is 11.3 Å². The van der Waals surface area contributed by atoms with Crippen LogP contribution >= 0.6 is 11.3 Å². The van der Waals surface area contributed by atoms with Crippen molar-refractivity contribution < 1.29 is 0 Å². The van der Waals surface area contributed by atoms with Crippen molar-refractivity contribution in [2.45, 2.75) is 0 Å². The summed E-state index contributed by atoms with van der Waals surface area (Å²) < 4.78 is 5.04. The SMILES string of the molecule is c1ccc(-c2c3ccc(-c4nc(-c5ccc6sc7ccccc7c6c5)c5ccccc5n4)cc3n3c4ccccc4c4ccccc4c23)cc1. The zero-order chi connectivity index (χ0) is 32.8. The van der Waals surface area contributed by atoms with Crippen molar-refractivity contribution in [2.24, 2.45) is 0 Å². The molecule has 0 bridgehead atoms. The maximum atomic E-state index is 5.36. The van der Waals surface area contributed by atoms with Gasteiger partial charge in [-0.1, -0.05) is 127 Å². The summed E-state index contributed by atoms with van der Waals surface area (Å²) in [4.78, 5) is 10.5. The van der Waals surface area contributed by atoms with E-state index in [0.717, 1.165) is 39.1 Å². The summed E-state index contributed by atoms with van der Waals surface area (Å²) in [6, 6.07) is 58.9. The summed E-state index contributed by atoms with van der Waals surface area (Å²) in [6.07, 6.45) is 0. The normalized spacial score (nSPS) is 12.0. The van der Waals surface area contributed by atoms with E-state index >= 15 is 0 Å². The van der Waals surface area contributed by atoms with Gasteiger partial charge >= 0.3 is 0 Å². The molecule has 11 rings (SSSR count). The Labute approximate surface area is 291 Å². The lowest BCUT2D eigenvalue weighted by Gasteiger charge is -2.12. The molecule has 7 aromatic carbocycles. The van der Waals surface area contributed by atoms with Crippen molar-refractivity contribution >= 4 is 80.5 Å². The molecule has 0 radical (unpaired) electrons. The van der Waals surface area contributed by atoms with Crippen molar-refractivity contribution in [1.82, 2.24) is 14.4 Å². The summed E-state index contributed by atoms with van der Waals surface area (Å²) in [5.41, 5.74) is 9.95. The van der Waals surface area contributed by atoms with Gasteiger partial charge in [0.15, 0.2) is 5.82 Å². The molecule has 0 spiro atoms. The molecule has 0 aliphatic carbocycles. The van der Waals surface area contributed by atoms with E-state index in [1.165, 1.54) is 63.9 Å². The Balaban J connectivity index is 1.21. The number of pyridine rings is 1. The molecule has 3 nitrogen and oxygen atoms in total. The lowest BCUT2D eigenvalue weighted by atomic mass is 9.98. The molecule has 0 fully saturated rings. The molecule has 232 valence electrons. The molecule has 0 aliphatic rings. The number of para-hydroxylation sites is 2. The summed E-state index contributed by atoms with van der Waals surface area (Å²) >= 11 is 1.84. The first kappa shape index (κ1) is 27.6. The fraction of sp³-hybridized carbons (Fsp3) is 0. The van der Waals surface area contributed by atoms with Gasteiger partial charge in [0.25, 0.3) is 0 Å². The number of fused-ring (bicyclic) bond motifs is 12. The minimum Gasteiger partial charge on any atom is -0.308 e. The molecule has 0 saturated carbocycles. The van der Waals surface area contributed by atoms with Crippen LogP contribution in [0.2, 0.25) is 0 Å². The van der Waals surface area contributed by atoms with Crippen LogP contribution in [0, 0.1) is 0 Å². The van der Waals surface area contributed by atoms with Crippen LogP contribution in [0.4, 0.5) is 0 Å². The highest BCUT2D eigenvalue weighted by Crippen LogP contribution is 2.44. The standard InChI is InChI=1S/C46H27N3S/c1-2-12-28(13-3-1)43-36-24-22-30(27-40(36)49-39-20-10-7-15-32(39)31-14-4-5-17-34(31)45(43)49)46-47-38-19-9-6-18-35(38)44(48-46)29-23-25-42-37(26-29)33-16-8-11-21-41(33)50-42/h1-27H. The van der Waals surface area contributed by atoms with E-state index in [2.05, 4.69) is 168 Å². The van der Waals surface area contributed by atoms with Gasteiger partial charge in [0.1, 0.15) is 0 Å². The average Bonchev–Trinajstić information content (AvgIpc) is 3.73. The average molecular weight is 654 g/mol. The van der Waals surface area contributed by atoms with Gasteiger partial charge in [-0.05, 0) is 47.3 Å². The van der Waals surface area contributed by atoms with Crippen LogP contribution in [-0.4, -0.2) is 14.4 Å². The maximum absolute atomic E-state index is 5.36. The number of hydrogen-bond acceptors (Lipinski definition) is 3. The van der Waals surface area contributed by atoms with Gasteiger partial charge in [0.05, 0.1) is 27.8 Å². The van der Waals surface area contributed by atoms with Crippen LogP contribution in [0.3, 0.4) is 0 Å². The quantitative estimate of drug-likeness (QED) is 0.178. The fourth-order valence-corrected chi connectivity index (χ4v) is 9.04. The Bertz CT molecular complexity index is 3150. The molecule has 0 amide bonds. The van der Waals surface area contributed by atoms with Gasteiger partial charge in [-0.3, -0.25) is 0 Å². The number of thiophene rings is 1. The smallest absolute Gasteiger partial charge is 0.160 e. The third-order valence-electron chi connectivity index (χ3n) is 10.2. The molecule has 0 atom stereocenters. The highest BCUT2D eigenvalue weighted by Gasteiger charge is 2.21. The van der Waals surface area contributed by atoms with Crippen LogP contribution in [0.1, 0.15) is 0 Å². The summed E-state index contributed by atoms with van der Waals surface area (Å²) in [7, 11) is 0. The van der Waals surface area contributed by atoms with Gasteiger partial charge in [-0.25, -0.2) is 9.97 Å².